The highest BCUT2D eigenvalue weighted by Crippen LogP contribution is 2.02. The molecule has 1 amide bonds. The third-order valence-electron chi connectivity index (χ3n) is 1.24. The van der Waals surface area contributed by atoms with Gasteiger partial charge in [0.05, 0.1) is 0 Å². The van der Waals surface area contributed by atoms with Crippen molar-refractivity contribution < 1.29 is 13.2 Å². The number of nitrogens with zero attached hydrogens (tertiary/aromatic N) is 1. The Morgan fingerprint density at radius 3 is 2.42 bits per heavy atom. The molecule has 4 N–H and O–H groups in total. The van der Waals surface area contributed by atoms with Crippen molar-refractivity contribution in [1.82, 2.24) is 3.97 Å². The molecule has 0 saturated heterocycles. The molecule has 0 saturated carbocycles. The summed E-state index contributed by atoms with van der Waals surface area (Å²) in [4.78, 5) is 10.6. The standard InChI is InChI=1S/C5H7N3O3S/c6-5(9)4-2-1-3-8(4)12(7,10)11/h1-3H,(H2,6,9)(H2,7,10,11). The van der Waals surface area contributed by atoms with E-state index in [1.165, 1.54) is 12.1 Å². The molecule has 0 aliphatic carbocycles. The molecule has 0 fully saturated rings. The number of hydrogen-bond donors (Lipinski definition) is 2. The lowest BCUT2D eigenvalue weighted by Gasteiger charge is -2.01. The number of amides is 1. The third-order valence-corrected chi connectivity index (χ3v) is 2.11. The van der Waals surface area contributed by atoms with Gasteiger partial charge in [-0.1, -0.05) is 0 Å². The fraction of sp³-hybridized carbons (Fsp3) is 0. The first kappa shape index (κ1) is 8.75. The predicted molar refractivity (Wildman–Crippen MR) is 41.5 cm³/mol. The molecular weight excluding hydrogens is 182 g/mol. The van der Waals surface area contributed by atoms with Crippen LogP contribution in [0.2, 0.25) is 0 Å². The maximum atomic E-state index is 10.8. The summed E-state index contributed by atoms with van der Waals surface area (Å²) in [5.74, 6) is -0.839. The summed E-state index contributed by atoms with van der Waals surface area (Å²) in [5, 5.41) is 4.77. The lowest BCUT2D eigenvalue weighted by molar-refractivity contribution is 0.0994. The van der Waals surface area contributed by atoms with Crippen LogP contribution in [0.3, 0.4) is 0 Å². The molecule has 0 aromatic carbocycles. The molecule has 1 aromatic heterocycles. The summed E-state index contributed by atoms with van der Waals surface area (Å²) in [6.45, 7) is 0. The number of nitrogens with two attached hydrogens (primary N) is 2. The van der Waals surface area contributed by atoms with Gasteiger partial charge in [-0.05, 0) is 12.1 Å². The smallest absolute Gasteiger partial charge is 0.303 e. The molecule has 0 radical (unpaired) electrons. The Morgan fingerprint density at radius 2 is 2.08 bits per heavy atom. The minimum atomic E-state index is -3.92. The Balaban J connectivity index is 3.36. The second kappa shape index (κ2) is 2.61. The van der Waals surface area contributed by atoms with Crippen LogP contribution in [-0.4, -0.2) is 18.3 Å². The van der Waals surface area contributed by atoms with E-state index in [0.29, 0.717) is 3.97 Å². The summed E-state index contributed by atoms with van der Waals surface area (Å²) in [6.07, 6.45) is 1.15. The average Bonchev–Trinajstić information content (AvgIpc) is 2.30. The van der Waals surface area contributed by atoms with Crippen molar-refractivity contribution in [1.29, 1.82) is 0 Å². The quantitative estimate of drug-likeness (QED) is 0.599. The minimum absolute atomic E-state index is 0.155. The zero-order valence-corrected chi connectivity index (χ0v) is 6.78. The van der Waals surface area contributed by atoms with Crippen LogP contribution in [-0.2, 0) is 10.2 Å². The molecule has 0 aliphatic rings. The van der Waals surface area contributed by atoms with Gasteiger partial charge in [-0.25, -0.2) is 9.11 Å². The molecule has 0 spiro atoms. The predicted octanol–water partition coefficient (Wildman–Crippen LogP) is -1.36. The summed E-state index contributed by atoms with van der Waals surface area (Å²) >= 11 is 0. The SMILES string of the molecule is NC(=O)c1cccn1S(N)(=O)=O. The lowest BCUT2D eigenvalue weighted by atomic mass is 10.4. The van der Waals surface area contributed by atoms with E-state index in [2.05, 4.69) is 0 Å². The van der Waals surface area contributed by atoms with Gasteiger partial charge in [0.2, 0.25) is 0 Å². The monoisotopic (exact) mass is 189 g/mol. The molecule has 0 bridgehead atoms. The van der Waals surface area contributed by atoms with Gasteiger partial charge in [0.1, 0.15) is 5.69 Å². The average molecular weight is 189 g/mol. The first-order valence-electron chi connectivity index (χ1n) is 2.93. The van der Waals surface area contributed by atoms with Crippen LogP contribution in [0, 0.1) is 0 Å². The topological polar surface area (TPSA) is 108 Å². The maximum Gasteiger partial charge on any atom is 0.303 e. The normalized spacial score (nSPS) is 11.4. The van der Waals surface area contributed by atoms with Gasteiger partial charge in [-0.3, -0.25) is 4.79 Å². The first-order valence-corrected chi connectivity index (χ1v) is 4.43. The van der Waals surface area contributed by atoms with Crippen molar-refractivity contribution in [2.24, 2.45) is 10.9 Å². The molecule has 7 heteroatoms. The van der Waals surface area contributed by atoms with E-state index in [9.17, 15) is 13.2 Å². The highest BCUT2D eigenvalue weighted by atomic mass is 32.2. The zero-order valence-electron chi connectivity index (χ0n) is 5.97. The highest BCUT2D eigenvalue weighted by Gasteiger charge is 2.13. The largest absolute Gasteiger partial charge is 0.364 e. The van der Waals surface area contributed by atoms with E-state index < -0.39 is 16.1 Å². The van der Waals surface area contributed by atoms with E-state index in [-0.39, 0.29) is 5.69 Å². The van der Waals surface area contributed by atoms with E-state index in [0.717, 1.165) is 6.20 Å². The van der Waals surface area contributed by atoms with Crippen molar-refractivity contribution in [3.63, 3.8) is 0 Å². The molecule has 0 atom stereocenters. The molecule has 6 nitrogen and oxygen atoms in total. The van der Waals surface area contributed by atoms with Crippen molar-refractivity contribution >= 4 is 16.1 Å². The molecule has 1 aromatic rings. The van der Waals surface area contributed by atoms with Crippen LogP contribution >= 0.6 is 0 Å². The molecule has 66 valence electrons. The van der Waals surface area contributed by atoms with Crippen molar-refractivity contribution in [2.75, 3.05) is 0 Å². The highest BCUT2D eigenvalue weighted by molar-refractivity contribution is 7.87. The van der Waals surface area contributed by atoms with E-state index in [1.54, 1.807) is 0 Å². The molecule has 1 rings (SSSR count). The summed E-state index contributed by atoms with van der Waals surface area (Å²) < 4.78 is 22.1. The number of carbonyl (C=O) groups is 1. The van der Waals surface area contributed by atoms with Crippen LogP contribution in [0.1, 0.15) is 10.5 Å². The molecule has 1 heterocycles. The third kappa shape index (κ3) is 1.46. The number of aromatic nitrogens is 1. The molecule has 0 aliphatic heterocycles. The number of carbonyl (C=O) groups excluding carboxylic acids is 1. The summed E-state index contributed by atoms with van der Waals surface area (Å²) in [7, 11) is -3.92. The van der Waals surface area contributed by atoms with Crippen LogP contribution in [0.25, 0.3) is 0 Å². The fourth-order valence-corrected chi connectivity index (χ4v) is 1.44. The van der Waals surface area contributed by atoms with E-state index in [4.69, 9.17) is 10.9 Å². The maximum absolute atomic E-state index is 10.8. The van der Waals surface area contributed by atoms with Crippen LogP contribution in [0.5, 0.6) is 0 Å². The molecule has 0 unspecified atom stereocenters. The first-order chi connectivity index (χ1) is 5.43. The van der Waals surface area contributed by atoms with Crippen molar-refractivity contribution in [3.05, 3.63) is 24.0 Å². The van der Waals surface area contributed by atoms with Gasteiger partial charge in [0.15, 0.2) is 0 Å². The second-order valence-electron chi connectivity index (χ2n) is 2.10. The van der Waals surface area contributed by atoms with Gasteiger partial charge >= 0.3 is 10.2 Å². The summed E-state index contributed by atoms with van der Waals surface area (Å²) in [6, 6.07) is 2.64. The number of hydrogen-bond acceptors (Lipinski definition) is 3. The van der Waals surface area contributed by atoms with Gasteiger partial charge in [-0.2, -0.15) is 8.42 Å². The Morgan fingerprint density at radius 1 is 1.50 bits per heavy atom. The minimum Gasteiger partial charge on any atom is -0.364 e. The Kier molecular flexibility index (Phi) is 1.90. The van der Waals surface area contributed by atoms with Gasteiger partial charge in [-0.15, -0.1) is 0 Å². The van der Waals surface area contributed by atoms with Gasteiger partial charge in [0.25, 0.3) is 5.91 Å². The Bertz CT molecular complexity index is 405. The summed E-state index contributed by atoms with van der Waals surface area (Å²) in [5.41, 5.74) is 4.72. The Hall–Kier alpha value is -1.34. The van der Waals surface area contributed by atoms with E-state index >= 15 is 0 Å². The van der Waals surface area contributed by atoms with Gasteiger partial charge < -0.3 is 5.73 Å². The van der Waals surface area contributed by atoms with Gasteiger partial charge in [0, 0.05) is 6.20 Å². The van der Waals surface area contributed by atoms with Crippen LogP contribution < -0.4 is 10.9 Å². The Labute approximate surface area is 69.0 Å². The van der Waals surface area contributed by atoms with Crippen molar-refractivity contribution in [3.8, 4) is 0 Å². The molecular formula is C5H7N3O3S. The van der Waals surface area contributed by atoms with Crippen molar-refractivity contribution in [2.45, 2.75) is 0 Å². The number of rotatable bonds is 2. The van der Waals surface area contributed by atoms with Crippen LogP contribution in [0.15, 0.2) is 18.3 Å². The van der Waals surface area contributed by atoms with E-state index in [1.807, 2.05) is 0 Å². The molecule has 12 heavy (non-hydrogen) atoms. The fourth-order valence-electron chi connectivity index (χ4n) is 0.779. The second-order valence-corrected chi connectivity index (χ2v) is 3.52. The zero-order chi connectivity index (χ0) is 9.35. The lowest BCUT2D eigenvalue weighted by Crippen LogP contribution is -2.26. The van der Waals surface area contributed by atoms with Crippen LogP contribution in [0.4, 0.5) is 0 Å². The number of primary amides is 1.